The Kier molecular flexibility index (Phi) is 4.71. The number of anilines is 1. The molecule has 2 aromatic heterocycles. The largest absolute Gasteiger partial charge is 0.496 e. The van der Waals surface area contributed by atoms with Gasteiger partial charge in [-0.25, -0.2) is 9.97 Å². The van der Waals surface area contributed by atoms with E-state index in [0.29, 0.717) is 41.2 Å². The number of imidazole rings is 1. The highest BCUT2D eigenvalue weighted by molar-refractivity contribution is 5.91. The van der Waals surface area contributed by atoms with Gasteiger partial charge in [-0.15, -0.1) is 0 Å². The fourth-order valence-electron chi connectivity index (χ4n) is 4.66. The van der Waals surface area contributed by atoms with Gasteiger partial charge in [-0.3, -0.25) is 9.20 Å². The highest BCUT2D eigenvalue weighted by Crippen LogP contribution is 2.46. The summed E-state index contributed by atoms with van der Waals surface area (Å²) in [5.41, 5.74) is 10.1. The van der Waals surface area contributed by atoms with Gasteiger partial charge in [-0.05, 0) is 43.0 Å². The van der Waals surface area contributed by atoms with Gasteiger partial charge in [0.2, 0.25) is 0 Å². The van der Waals surface area contributed by atoms with E-state index in [2.05, 4.69) is 4.98 Å². The van der Waals surface area contributed by atoms with E-state index in [4.69, 9.17) is 15.5 Å². The van der Waals surface area contributed by atoms with E-state index in [0.717, 1.165) is 28.8 Å². The summed E-state index contributed by atoms with van der Waals surface area (Å²) < 4.78 is 7.69. The Hall–Kier alpha value is -3.71. The molecule has 3 N–H and O–H groups in total. The van der Waals surface area contributed by atoms with Crippen molar-refractivity contribution in [3.63, 3.8) is 0 Å². The van der Waals surface area contributed by atoms with Crippen molar-refractivity contribution in [3.8, 4) is 28.1 Å². The molecule has 0 unspecified atom stereocenters. The predicted octanol–water partition coefficient (Wildman–Crippen LogP) is 4.10. The molecule has 0 bridgehead atoms. The molecule has 1 aliphatic carbocycles. The lowest BCUT2D eigenvalue weighted by molar-refractivity contribution is -0.0335. The van der Waals surface area contributed by atoms with Gasteiger partial charge >= 0.3 is 0 Å². The fraction of sp³-hybridized carbons (Fsp3) is 0.240. The van der Waals surface area contributed by atoms with Crippen molar-refractivity contribution in [2.75, 3.05) is 12.8 Å². The minimum absolute atomic E-state index is 0.137. The maximum atomic E-state index is 11.5. The van der Waals surface area contributed by atoms with Crippen LogP contribution < -0.4 is 10.5 Å². The van der Waals surface area contributed by atoms with E-state index in [1.165, 1.54) is 0 Å². The first kappa shape index (κ1) is 20.2. The second kappa shape index (κ2) is 7.46. The molecule has 162 valence electrons. The van der Waals surface area contributed by atoms with Crippen LogP contribution in [-0.4, -0.2) is 38.5 Å². The van der Waals surface area contributed by atoms with Crippen molar-refractivity contribution in [3.05, 3.63) is 66.2 Å². The molecule has 32 heavy (non-hydrogen) atoms. The van der Waals surface area contributed by atoms with Crippen molar-refractivity contribution in [1.29, 1.82) is 0 Å². The van der Waals surface area contributed by atoms with Crippen LogP contribution in [0.1, 0.15) is 41.9 Å². The molecule has 7 heteroatoms. The van der Waals surface area contributed by atoms with Crippen molar-refractivity contribution in [2.24, 2.45) is 0 Å². The van der Waals surface area contributed by atoms with Crippen LogP contribution in [0.5, 0.6) is 5.75 Å². The number of carbonyl (C=O) groups is 1. The monoisotopic (exact) mass is 428 g/mol. The van der Waals surface area contributed by atoms with Crippen LogP contribution in [0.3, 0.4) is 0 Å². The Labute approximate surface area is 185 Å². The molecule has 0 spiro atoms. The number of hydrogen-bond acceptors (Lipinski definition) is 6. The number of benzene rings is 2. The standard InChI is InChI=1S/C25H24N4O3/c1-25(31)12-17(13-25)24-28-21(22-23(26)27-9-10-29(22)24)19-8-7-15(11-20(19)32-2)18-6-4-3-5-16(18)14-30/h3-11,14,17,31H,12-13H2,1-2H3,(H2,26,27). The van der Waals surface area contributed by atoms with Crippen LogP contribution >= 0.6 is 0 Å². The van der Waals surface area contributed by atoms with Crippen LogP contribution in [0, 0.1) is 0 Å². The molecule has 0 amide bonds. The Morgan fingerprint density at radius 2 is 2.00 bits per heavy atom. The first-order chi connectivity index (χ1) is 15.4. The summed E-state index contributed by atoms with van der Waals surface area (Å²) in [4.78, 5) is 20.7. The number of aromatic nitrogens is 3. The van der Waals surface area contributed by atoms with Crippen LogP contribution in [0.15, 0.2) is 54.9 Å². The zero-order valence-electron chi connectivity index (χ0n) is 17.9. The van der Waals surface area contributed by atoms with Gasteiger partial charge < -0.3 is 15.6 Å². The minimum Gasteiger partial charge on any atom is -0.496 e. The predicted molar refractivity (Wildman–Crippen MR) is 123 cm³/mol. The minimum atomic E-state index is -0.666. The number of aliphatic hydroxyl groups is 1. The Bertz CT molecular complexity index is 1330. The van der Waals surface area contributed by atoms with Gasteiger partial charge in [0.05, 0.1) is 12.7 Å². The van der Waals surface area contributed by atoms with Crippen molar-refractivity contribution < 1.29 is 14.6 Å². The molecule has 4 aromatic rings. The number of nitrogens with zero attached hydrogens (tertiary/aromatic N) is 3. The molecule has 0 aliphatic heterocycles. The number of rotatable bonds is 5. The van der Waals surface area contributed by atoms with E-state index in [9.17, 15) is 9.90 Å². The maximum Gasteiger partial charge on any atom is 0.150 e. The first-order valence-corrected chi connectivity index (χ1v) is 10.5. The molecular formula is C25H24N4O3. The third-order valence-electron chi connectivity index (χ3n) is 6.20. The summed E-state index contributed by atoms with van der Waals surface area (Å²) in [6, 6.07) is 13.2. The van der Waals surface area contributed by atoms with Gasteiger partial charge in [0, 0.05) is 29.4 Å². The summed E-state index contributed by atoms with van der Waals surface area (Å²) in [7, 11) is 1.61. The molecule has 2 aromatic carbocycles. The summed E-state index contributed by atoms with van der Waals surface area (Å²) in [6.07, 6.45) is 5.65. The van der Waals surface area contributed by atoms with Crippen molar-refractivity contribution in [2.45, 2.75) is 31.3 Å². The summed E-state index contributed by atoms with van der Waals surface area (Å²) in [5, 5.41) is 10.2. The van der Waals surface area contributed by atoms with Gasteiger partial charge in [-0.2, -0.15) is 0 Å². The van der Waals surface area contributed by atoms with Crippen molar-refractivity contribution in [1.82, 2.24) is 14.4 Å². The molecule has 7 nitrogen and oxygen atoms in total. The first-order valence-electron chi connectivity index (χ1n) is 10.5. The smallest absolute Gasteiger partial charge is 0.150 e. The number of nitrogens with two attached hydrogens (primary N) is 1. The fourth-order valence-corrected chi connectivity index (χ4v) is 4.66. The quantitative estimate of drug-likeness (QED) is 0.464. The summed E-state index contributed by atoms with van der Waals surface area (Å²) >= 11 is 0. The Morgan fingerprint density at radius 3 is 2.72 bits per heavy atom. The third-order valence-corrected chi connectivity index (χ3v) is 6.20. The normalized spacial score (nSPS) is 20.2. The molecule has 5 rings (SSSR count). The maximum absolute atomic E-state index is 11.5. The second-order valence-electron chi connectivity index (χ2n) is 8.57. The third kappa shape index (κ3) is 3.22. The molecule has 0 atom stereocenters. The average molecular weight is 428 g/mol. The molecule has 1 aliphatic rings. The lowest BCUT2D eigenvalue weighted by Crippen LogP contribution is -2.40. The molecule has 0 radical (unpaired) electrons. The molecule has 1 saturated carbocycles. The molecule has 0 saturated heterocycles. The SMILES string of the molecule is COc1cc(-c2ccccc2C=O)ccc1-c1nc(C2CC(C)(O)C2)n2ccnc(N)c12. The lowest BCUT2D eigenvalue weighted by atomic mass is 9.72. The average Bonchev–Trinajstić information content (AvgIpc) is 3.17. The van der Waals surface area contributed by atoms with Crippen LogP contribution in [0.4, 0.5) is 5.82 Å². The molecule has 2 heterocycles. The van der Waals surface area contributed by atoms with E-state index in [1.54, 1.807) is 19.4 Å². The van der Waals surface area contributed by atoms with E-state index in [-0.39, 0.29) is 5.92 Å². The van der Waals surface area contributed by atoms with E-state index >= 15 is 0 Å². The number of hydrogen-bond donors (Lipinski definition) is 2. The number of aldehydes is 1. The lowest BCUT2D eigenvalue weighted by Gasteiger charge is -2.40. The van der Waals surface area contributed by atoms with Gasteiger partial charge in [0.1, 0.15) is 28.6 Å². The van der Waals surface area contributed by atoms with E-state index < -0.39 is 5.60 Å². The topological polar surface area (TPSA) is 103 Å². The number of carbonyl (C=O) groups excluding carboxylic acids is 1. The Morgan fingerprint density at radius 1 is 1.22 bits per heavy atom. The highest BCUT2D eigenvalue weighted by Gasteiger charge is 2.41. The van der Waals surface area contributed by atoms with Gasteiger partial charge in [-0.1, -0.05) is 30.3 Å². The van der Waals surface area contributed by atoms with Crippen LogP contribution in [0.2, 0.25) is 0 Å². The van der Waals surface area contributed by atoms with Gasteiger partial charge in [0.25, 0.3) is 0 Å². The number of ether oxygens (including phenoxy) is 1. The number of nitrogen functional groups attached to an aromatic ring is 1. The van der Waals surface area contributed by atoms with Crippen molar-refractivity contribution >= 4 is 17.6 Å². The van der Waals surface area contributed by atoms with Crippen LogP contribution in [-0.2, 0) is 0 Å². The van der Waals surface area contributed by atoms with E-state index in [1.807, 2.05) is 53.9 Å². The van der Waals surface area contributed by atoms with Crippen LogP contribution in [0.25, 0.3) is 27.9 Å². The van der Waals surface area contributed by atoms with Gasteiger partial charge in [0.15, 0.2) is 6.29 Å². The molecule has 1 fully saturated rings. The number of fused-ring (bicyclic) bond motifs is 1. The number of methoxy groups -OCH3 is 1. The Balaban J connectivity index is 1.67. The highest BCUT2D eigenvalue weighted by atomic mass is 16.5. The summed E-state index contributed by atoms with van der Waals surface area (Å²) in [5.74, 6) is 1.99. The second-order valence-corrected chi connectivity index (χ2v) is 8.57. The zero-order valence-corrected chi connectivity index (χ0v) is 17.9. The molecular weight excluding hydrogens is 404 g/mol. The zero-order chi connectivity index (χ0) is 22.5. The summed E-state index contributed by atoms with van der Waals surface area (Å²) in [6.45, 7) is 1.84.